The summed E-state index contributed by atoms with van der Waals surface area (Å²) in [7, 11) is 1.30. The van der Waals surface area contributed by atoms with E-state index in [1.165, 1.54) is 25.5 Å². The summed E-state index contributed by atoms with van der Waals surface area (Å²) in [6.07, 6.45) is 6.21. The Labute approximate surface area is 232 Å². The minimum Gasteiger partial charge on any atom is -0.479 e. The van der Waals surface area contributed by atoms with Crippen LogP contribution in [0.3, 0.4) is 0 Å². The lowest BCUT2D eigenvalue weighted by atomic mass is 10.3. The molecule has 0 spiro atoms. The minimum atomic E-state index is -1.58. The van der Waals surface area contributed by atoms with Gasteiger partial charge in [0.2, 0.25) is 17.7 Å². The Balaban J connectivity index is 1.44. The Kier molecular flexibility index (Phi) is 8.77. The van der Waals surface area contributed by atoms with Gasteiger partial charge in [0.15, 0.2) is 11.4 Å². The molecule has 0 saturated heterocycles. The first-order valence-electron chi connectivity index (χ1n) is 12.3. The molecule has 206 valence electrons. The second kappa shape index (κ2) is 12.2. The Hall–Kier alpha value is -4.03. The monoisotopic (exact) mass is 570 g/mol. The van der Waals surface area contributed by atoms with E-state index in [4.69, 9.17) is 30.2 Å². The maximum atomic E-state index is 13.0. The summed E-state index contributed by atoms with van der Waals surface area (Å²) in [6, 6.07) is 8.77. The molecule has 13 heteroatoms. The Bertz CT molecular complexity index is 1400. The molecule has 3 aromatic heterocycles. The third-order valence-electron chi connectivity index (χ3n) is 5.72. The zero-order valence-corrected chi connectivity index (χ0v) is 24.2. The van der Waals surface area contributed by atoms with Crippen molar-refractivity contribution < 1.29 is 23.4 Å². The fourth-order valence-corrected chi connectivity index (χ4v) is 4.92. The van der Waals surface area contributed by atoms with Crippen LogP contribution < -0.4 is 30.0 Å². The van der Waals surface area contributed by atoms with Crippen molar-refractivity contribution in [3.63, 3.8) is 0 Å². The lowest BCUT2D eigenvalue weighted by Crippen LogP contribution is -2.37. The zero-order valence-electron chi connectivity index (χ0n) is 22.4. The van der Waals surface area contributed by atoms with E-state index in [9.17, 15) is 4.79 Å². The molecule has 0 saturated carbocycles. The Morgan fingerprint density at radius 3 is 2.49 bits per heavy atom. The number of hydrogen-bond donors (Lipinski definition) is 2. The number of halogens is 1. The normalized spacial score (nSPS) is 11.2. The van der Waals surface area contributed by atoms with Gasteiger partial charge in [0.25, 0.3) is 11.9 Å². The molecule has 1 amide bonds. The van der Waals surface area contributed by atoms with Crippen LogP contribution in [0.5, 0.6) is 23.5 Å². The van der Waals surface area contributed by atoms with Gasteiger partial charge in [0.05, 0.1) is 33.6 Å². The number of carbonyl (C=O) groups excluding carboxylic acids is 1. The highest BCUT2D eigenvalue weighted by Gasteiger charge is 2.22. The van der Waals surface area contributed by atoms with Gasteiger partial charge in [0, 0.05) is 31.5 Å². The molecule has 0 aliphatic heterocycles. The molecule has 0 aliphatic carbocycles. The number of nitrogens with zero attached hydrogens (tertiary/aromatic N) is 4. The van der Waals surface area contributed by atoms with Crippen molar-refractivity contribution in [1.29, 1.82) is 0 Å². The van der Waals surface area contributed by atoms with Crippen LogP contribution in [-0.4, -0.2) is 54.3 Å². The lowest BCUT2D eigenvalue weighted by molar-refractivity contribution is 0.0990. The quantitative estimate of drug-likeness (QED) is 0.178. The number of imidazole rings is 1. The van der Waals surface area contributed by atoms with E-state index in [2.05, 4.69) is 45.2 Å². The zero-order chi connectivity index (χ0) is 28.0. The first kappa shape index (κ1) is 28.0. The molecule has 0 aliphatic rings. The molecule has 3 heterocycles. The highest BCUT2D eigenvalue weighted by Crippen LogP contribution is 2.34. The number of anilines is 2. The summed E-state index contributed by atoms with van der Waals surface area (Å²) in [4.78, 5) is 25.7. The van der Waals surface area contributed by atoms with Crippen LogP contribution >= 0.6 is 11.6 Å². The van der Waals surface area contributed by atoms with Crippen molar-refractivity contribution in [2.75, 3.05) is 31.4 Å². The van der Waals surface area contributed by atoms with Gasteiger partial charge in [0.1, 0.15) is 5.75 Å². The van der Waals surface area contributed by atoms with Gasteiger partial charge in [-0.1, -0.05) is 42.5 Å². The van der Waals surface area contributed by atoms with Crippen molar-refractivity contribution >= 4 is 42.4 Å². The van der Waals surface area contributed by atoms with E-state index < -0.39 is 14.0 Å². The molecule has 0 fully saturated rings. The largest absolute Gasteiger partial charge is 0.479 e. The SMILES string of the molecule is COc1nc(NCCCn2ccnc2)nc(OC)c1NC(=O)c1ccc(Oc2cc([Si](C)(C)C)ccc2Cl)o1. The summed E-state index contributed by atoms with van der Waals surface area (Å²) in [6.45, 7) is 8.09. The summed E-state index contributed by atoms with van der Waals surface area (Å²) in [5, 5.41) is 7.47. The molecule has 4 aromatic rings. The molecule has 0 unspecified atom stereocenters. The molecule has 0 radical (unpaired) electrons. The number of aryl methyl sites for hydroxylation is 1. The topological polar surface area (TPSA) is 126 Å². The minimum absolute atomic E-state index is 0.00767. The average Bonchev–Trinajstić information content (AvgIpc) is 3.60. The number of aromatic nitrogens is 4. The van der Waals surface area contributed by atoms with Gasteiger partial charge >= 0.3 is 0 Å². The van der Waals surface area contributed by atoms with Crippen LogP contribution in [0.2, 0.25) is 24.7 Å². The molecule has 1 aromatic carbocycles. The van der Waals surface area contributed by atoms with Gasteiger partial charge < -0.3 is 33.8 Å². The van der Waals surface area contributed by atoms with E-state index in [-0.39, 0.29) is 29.2 Å². The number of hydrogen-bond acceptors (Lipinski definition) is 9. The second-order valence-corrected chi connectivity index (χ2v) is 15.1. The molecule has 11 nitrogen and oxygen atoms in total. The summed E-state index contributed by atoms with van der Waals surface area (Å²) < 4.78 is 24.3. The molecule has 0 bridgehead atoms. The van der Waals surface area contributed by atoms with Gasteiger partial charge in [-0.2, -0.15) is 9.97 Å². The number of carbonyl (C=O) groups is 1. The van der Waals surface area contributed by atoms with Gasteiger partial charge in [-0.3, -0.25) is 4.79 Å². The number of nitrogens with one attached hydrogen (secondary N) is 2. The smallest absolute Gasteiger partial charge is 0.291 e. The fraction of sp³-hybridized carbons (Fsp3) is 0.308. The van der Waals surface area contributed by atoms with Crippen LogP contribution in [0, 0.1) is 0 Å². The summed E-state index contributed by atoms with van der Waals surface area (Å²) in [5.74, 6) is 0.596. The van der Waals surface area contributed by atoms with Gasteiger partial charge in [-0.25, -0.2) is 4.98 Å². The van der Waals surface area contributed by atoms with E-state index in [1.807, 2.05) is 22.9 Å². The van der Waals surface area contributed by atoms with Crippen LogP contribution in [0.1, 0.15) is 17.0 Å². The Morgan fingerprint density at radius 2 is 1.85 bits per heavy atom. The molecule has 2 N–H and O–H groups in total. The first-order valence-corrected chi connectivity index (χ1v) is 16.1. The molecule has 39 heavy (non-hydrogen) atoms. The number of furan rings is 1. The summed E-state index contributed by atoms with van der Waals surface area (Å²) >= 11 is 6.33. The molecule has 0 atom stereocenters. The van der Waals surface area contributed by atoms with E-state index in [1.54, 1.807) is 24.7 Å². The number of ether oxygens (including phenoxy) is 3. The highest BCUT2D eigenvalue weighted by molar-refractivity contribution is 6.88. The van der Waals surface area contributed by atoms with Crippen LogP contribution in [-0.2, 0) is 6.54 Å². The number of methoxy groups -OCH3 is 2. The number of amides is 1. The third-order valence-corrected chi connectivity index (χ3v) is 8.07. The van der Waals surface area contributed by atoms with Crippen molar-refractivity contribution in [3.8, 4) is 23.5 Å². The van der Waals surface area contributed by atoms with Crippen LogP contribution in [0.25, 0.3) is 0 Å². The van der Waals surface area contributed by atoms with Crippen molar-refractivity contribution in [1.82, 2.24) is 19.5 Å². The molecule has 4 rings (SSSR count). The second-order valence-electron chi connectivity index (χ2n) is 9.59. The van der Waals surface area contributed by atoms with Crippen molar-refractivity contribution in [2.24, 2.45) is 0 Å². The number of benzene rings is 1. The highest BCUT2D eigenvalue weighted by atomic mass is 35.5. The predicted octanol–water partition coefficient (Wildman–Crippen LogP) is 5.03. The van der Waals surface area contributed by atoms with Gasteiger partial charge in [-0.05, 0) is 24.6 Å². The average molecular weight is 571 g/mol. The predicted molar refractivity (Wildman–Crippen MR) is 152 cm³/mol. The number of rotatable bonds is 12. The van der Waals surface area contributed by atoms with Crippen molar-refractivity contribution in [3.05, 3.63) is 59.8 Å². The molecular weight excluding hydrogens is 540 g/mol. The summed E-state index contributed by atoms with van der Waals surface area (Å²) in [5.41, 5.74) is 0.165. The molecular formula is C26H31ClN6O5Si. The fourth-order valence-electron chi connectivity index (χ4n) is 3.61. The van der Waals surface area contributed by atoms with Crippen molar-refractivity contribution in [2.45, 2.75) is 32.6 Å². The third kappa shape index (κ3) is 7.09. The maximum absolute atomic E-state index is 13.0. The Morgan fingerprint density at radius 1 is 1.10 bits per heavy atom. The van der Waals surface area contributed by atoms with Gasteiger partial charge in [-0.15, -0.1) is 0 Å². The van der Waals surface area contributed by atoms with E-state index in [0.717, 1.165) is 13.0 Å². The first-order chi connectivity index (χ1) is 18.7. The van der Waals surface area contributed by atoms with E-state index >= 15 is 0 Å². The maximum Gasteiger partial charge on any atom is 0.291 e. The standard InChI is InChI=1S/C26H31ClN6O5Si/c1-35-24-22(25(36-2)32-26(31-24)29-11-6-13-33-14-12-28-16-33)30-23(34)19-9-10-21(37-19)38-20-15-17(39(3,4)5)7-8-18(20)27/h7-10,12,14-16H,6,11,13H2,1-5H3,(H,30,34)(H,29,31,32). The van der Waals surface area contributed by atoms with E-state index in [0.29, 0.717) is 23.3 Å². The van der Waals surface area contributed by atoms with Crippen LogP contribution in [0.15, 0.2) is 53.5 Å². The lowest BCUT2D eigenvalue weighted by Gasteiger charge is -2.17. The van der Waals surface area contributed by atoms with Crippen LogP contribution in [0.4, 0.5) is 11.6 Å².